The van der Waals surface area contributed by atoms with Crippen LogP contribution < -0.4 is 10.6 Å². The average molecular weight is 278 g/mol. The van der Waals surface area contributed by atoms with Gasteiger partial charge in [0, 0.05) is 0 Å². The van der Waals surface area contributed by atoms with Gasteiger partial charge >= 0.3 is 0 Å². The van der Waals surface area contributed by atoms with Crippen LogP contribution in [0.25, 0.3) is 0 Å². The summed E-state index contributed by atoms with van der Waals surface area (Å²) in [6, 6.07) is 9.44. The summed E-state index contributed by atoms with van der Waals surface area (Å²) in [4.78, 5) is 0. The highest BCUT2D eigenvalue weighted by Crippen LogP contribution is 2.62. The van der Waals surface area contributed by atoms with Gasteiger partial charge in [-0.25, -0.2) is 0 Å². The van der Waals surface area contributed by atoms with Crippen LogP contribution in [0.5, 0.6) is 0 Å². The predicted octanol–water partition coefficient (Wildman–Crippen LogP) is 4.26. The van der Waals surface area contributed by atoms with E-state index in [9.17, 15) is 0 Å². The number of hydrogen-bond donors (Lipinski definition) is 0. The van der Waals surface area contributed by atoms with Crippen molar-refractivity contribution in [2.75, 3.05) is 0 Å². The van der Waals surface area contributed by atoms with Crippen molar-refractivity contribution in [1.29, 1.82) is 0 Å². The van der Waals surface area contributed by atoms with E-state index in [1.54, 1.807) is 10.6 Å². The molecule has 0 radical (unpaired) electrons. The molecule has 3 rings (SSSR count). The maximum Gasteiger partial charge on any atom is -0.0158 e. The van der Waals surface area contributed by atoms with Gasteiger partial charge in [-0.1, -0.05) is 67.8 Å². The molecule has 2 aliphatic heterocycles. The van der Waals surface area contributed by atoms with Crippen LogP contribution in [0.15, 0.2) is 24.3 Å². The van der Waals surface area contributed by atoms with Gasteiger partial charge in [0.2, 0.25) is 0 Å². The Labute approximate surface area is 114 Å². The molecule has 0 spiro atoms. The number of hydrogen-bond acceptors (Lipinski definition) is 0. The Morgan fingerprint density at radius 1 is 0.722 bits per heavy atom. The molecule has 0 saturated carbocycles. The van der Waals surface area contributed by atoms with E-state index in [1.807, 2.05) is 0 Å². The molecule has 18 heavy (non-hydrogen) atoms. The molecule has 2 heteroatoms. The van der Waals surface area contributed by atoms with Gasteiger partial charge in [-0.2, -0.15) is 0 Å². The van der Waals surface area contributed by atoms with Crippen LogP contribution in [0, 0.1) is 0 Å². The summed E-state index contributed by atoms with van der Waals surface area (Å²) in [5.41, 5.74) is 3.83. The van der Waals surface area contributed by atoms with Gasteiger partial charge in [0.1, 0.15) is 0 Å². The van der Waals surface area contributed by atoms with E-state index in [4.69, 9.17) is 0 Å². The van der Waals surface area contributed by atoms with Crippen molar-refractivity contribution in [2.24, 2.45) is 0 Å². The van der Waals surface area contributed by atoms with Crippen LogP contribution in [0.1, 0.15) is 40.5 Å². The standard InChI is InChI=1S/C16H24P2/c1-11-9-12(2)17(11)15-7-5-6-8-16(15)18-13(3)10-14(18)4/h5-8,11-14H,9-10H2,1-4H3. The molecule has 1 aromatic rings. The zero-order chi connectivity index (χ0) is 12.9. The lowest BCUT2D eigenvalue weighted by molar-refractivity contribution is 0.711. The zero-order valence-electron chi connectivity index (χ0n) is 11.9. The summed E-state index contributed by atoms with van der Waals surface area (Å²) in [6.45, 7) is 9.85. The summed E-state index contributed by atoms with van der Waals surface area (Å²) in [5.74, 6) is 0. The van der Waals surface area contributed by atoms with Crippen LogP contribution in [-0.4, -0.2) is 22.6 Å². The highest BCUT2D eigenvalue weighted by molar-refractivity contribution is 7.74. The van der Waals surface area contributed by atoms with Crippen molar-refractivity contribution < 1.29 is 0 Å². The molecule has 2 heterocycles. The van der Waals surface area contributed by atoms with Crippen LogP contribution in [0.4, 0.5) is 0 Å². The second kappa shape index (κ2) is 4.88. The summed E-state index contributed by atoms with van der Waals surface area (Å²) < 4.78 is 0. The van der Waals surface area contributed by atoms with Crippen LogP contribution in [0.3, 0.4) is 0 Å². The fourth-order valence-electron chi connectivity index (χ4n) is 3.89. The Kier molecular flexibility index (Phi) is 3.55. The molecule has 0 aliphatic carbocycles. The smallest absolute Gasteiger partial charge is 0.0158 e. The third-order valence-corrected chi connectivity index (χ3v) is 11.4. The van der Waals surface area contributed by atoms with Crippen molar-refractivity contribution in [1.82, 2.24) is 0 Å². The summed E-state index contributed by atoms with van der Waals surface area (Å²) >= 11 is 0. The van der Waals surface area contributed by atoms with Crippen molar-refractivity contribution in [3.05, 3.63) is 24.3 Å². The molecule has 98 valence electrons. The van der Waals surface area contributed by atoms with Gasteiger partial charge in [0.25, 0.3) is 0 Å². The summed E-state index contributed by atoms with van der Waals surface area (Å²) in [7, 11) is 0.275. The Bertz CT molecular complexity index is 385. The second-order valence-electron chi connectivity index (χ2n) is 6.17. The molecule has 2 aliphatic rings. The second-order valence-corrected chi connectivity index (χ2v) is 12.3. The van der Waals surface area contributed by atoms with E-state index in [0.717, 1.165) is 22.6 Å². The van der Waals surface area contributed by atoms with E-state index < -0.39 is 0 Å². The molecule has 2 saturated heterocycles. The lowest BCUT2D eigenvalue weighted by Gasteiger charge is -2.47. The van der Waals surface area contributed by atoms with Crippen molar-refractivity contribution in [2.45, 2.75) is 63.2 Å². The molecule has 0 aromatic heterocycles. The van der Waals surface area contributed by atoms with E-state index in [2.05, 4.69) is 52.0 Å². The first-order valence-electron chi connectivity index (χ1n) is 7.25. The minimum atomic E-state index is 0.138. The first-order valence-corrected chi connectivity index (χ1v) is 10.2. The van der Waals surface area contributed by atoms with E-state index >= 15 is 0 Å². The summed E-state index contributed by atoms with van der Waals surface area (Å²) in [6.07, 6.45) is 2.89. The lowest BCUT2D eigenvalue weighted by Crippen LogP contribution is -2.41. The van der Waals surface area contributed by atoms with Crippen molar-refractivity contribution in [3.63, 3.8) is 0 Å². The van der Waals surface area contributed by atoms with E-state index in [-0.39, 0.29) is 15.8 Å². The number of rotatable bonds is 2. The van der Waals surface area contributed by atoms with Crippen molar-refractivity contribution in [3.8, 4) is 0 Å². The molecule has 2 fully saturated rings. The first-order chi connectivity index (χ1) is 8.59. The fourth-order valence-corrected chi connectivity index (χ4v) is 10.8. The zero-order valence-corrected chi connectivity index (χ0v) is 13.7. The lowest BCUT2D eigenvalue weighted by atomic mass is 10.2. The molecule has 4 atom stereocenters. The topological polar surface area (TPSA) is 0 Å². The maximum atomic E-state index is 2.46. The van der Waals surface area contributed by atoms with Crippen LogP contribution >= 0.6 is 15.8 Å². The van der Waals surface area contributed by atoms with Crippen LogP contribution in [0.2, 0.25) is 0 Å². The Morgan fingerprint density at radius 3 is 1.33 bits per heavy atom. The summed E-state index contributed by atoms with van der Waals surface area (Å²) in [5, 5.41) is 3.53. The van der Waals surface area contributed by atoms with Gasteiger partial charge in [0.05, 0.1) is 0 Å². The fraction of sp³-hybridized carbons (Fsp3) is 0.625. The minimum absolute atomic E-state index is 0.138. The highest BCUT2D eigenvalue weighted by atomic mass is 31.1. The SMILES string of the molecule is CC1CC(C)P1c1ccccc1P1C(C)CC1C. The quantitative estimate of drug-likeness (QED) is 0.709. The molecule has 0 amide bonds. The molecule has 0 bridgehead atoms. The predicted molar refractivity (Wildman–Crippen MR) is 86.6 cm³/mol. The maximum absolute atomic E-state index is 2.46. The Hall–Kier alpha value is 0.0800. The van der Waals surface area contributed by atoms with E-state index in [1.165, 1.54) is 12.8 Å². The van der Waals surface area contributed by atoms with Gasteiger partial charge in [0.15, 0.2) is 0 Å². The molecular formula is C16H24P2. The normalized spacial score (nSPS) is 43.1. The van der Waals surface area contributed by atoms with Gasteiger partial charge < -0.3 is 0 Å². The molecule has 0 N–H and O–H groups in total. The third kappa shape index (κ3) is 1.97. The van der Waals surface area contributed by atoms with Gasteiger partial charge in [-0.05, 0) is 46.1 Å². The largest absolute Gasteiger partial charge is 0.0688 e. The highest BCUT2D eigenvalue weighted by Gasteiger charge is 2.41. The number of benzene rings is 1. The molecular weight excluding hydrogens is 254 g/mol. The third-order valence-electron chi connectivity index (χ3n) is 4.70. The molecule has 0 nitrogen and oxygen atoms in total. The molecule has 1 aromatic carbocycles. The first kappa shape index (κ1) is 13.1. The van der Waals surface area contributed by atoms with Crippen molar-refractivity contribution >= 4 is 26.5 Å². The van der Waals surface area contributed by atoms with E-state index in [0.29, 0.717) is 0 Å². The monoisotopic (exact) mass is 278 g/mol. The Balaban J connectivity index is 1.95. The van der Waals surface area contributed by atoms with Gasteiger partial charge in [-0.15, -0.1) is 0 Å². The molecule has 4 unspecified atom stereocenters. The minimum Gasteiger partial charge on any atom is -0.0688 e. The van der Waals surface area contributed by atoms with Crippen LogP contribution in [-0.2, 0) is 0 Å². The average Bonchev–Trinajstić information content (AvgIpc) is 2.31. The van der Waals surface area contributed by atoms with Gasteiger partial charge in [-0.3, -0.25) is 0 Å². The Morgan fingerprint density at radius 2 is 1.06 bits per heavy atom.